The first-order chi connectivity index (χ1) is 21.2. The molecule has 44 heavy (non-hydrogen) atoms. The van der Waals surface area contributed by atoms with Gasteiger partial charge in [0.1, 0.15) is 12.4 Å². The predicted octanol–water partition coefficient (Wildman–Crippen LogP) is 7.83. The molecule has 1 aromatic heterocycles. The van der Waals surface area contributed by atoms with E-state index in [4.69, 9.17) is 14.5 Å². The van der Waals surface area contributed by atoms with E-state index in [1.807, 2.05) is 82.3 Å². The number of anilines is 1. The largest absolute Gasteiger partial charge is 0.507 e. The zero-order valence-corrected chi connectivity index (χ0v) is 25.8. The number of thiazole rings is 1. The first kappa shape index (κ1) is 29.1. The lowest BCUT2D eigenvalue weighted by Gasteiger charge is -2.24. The van der Waals surface area contributed by atoms with Crippen molar-refractivity contribution in [2.75, 3.05) is 11.5 Å². The van der Waals surface area contributed by atoms with Crippen molar-refractivity contribution in [1.29, 1.82) is 0 Å². The topological polar surface area (TPSA) is 89.0 Å². The van der Waals surface area contributed by atoms with E-state index in [9.17, 15) is 14.7 Å². The summed E-state index contributed by atoms with van der Waals surface area (Å²) >= 11 is 1.34. The molecule has 0 aliphatic carbocycles. The van der Waals surface area contributed by atoms with E-state index in [0.29, 0.717) is 41.0 Å². The van der Waals surface area contributed by atoms with Crippen molar-refractivity contribution in [3.63, 3.8) is 0 Å². The summed E-state index contributed by atoms with van der Waals surface area (Å²) in [5, 5.41) is 11.9. The highest BCUT2D eigenvalue weighted by atomic mass is 32.1. The molecule has 6 rings (SSSR count). The van der Waals surface area contributed by atoms with E-state index in [1.54, 1.807) is 30.3 Å². The summed E-state index contributed by atoms with van der Waals surface area (Å²) in [6.45, 7) is 8.53. The van der Waals surface area contributed by atoms with Crippen LogP contribution in [0.4, 0.5) is 5.13 Å². The Balaban J connectivity index is 1.50. The Kier molecular flexibility index (Phi) is 7.93. The van der Waals surface area contributed by atoms with Gasteiger partial charge in [0, 0.05) is 5.56 Å². The predicted molar refractivity (Wildman–Crippen MR) is 173 cm³/mol. The number of aromatic nitrogens is 1. The van der Waals surface area contributed by atoms with E-state index in [2.05, 4.69) is 0 Å². The normalized spacial score (nSPS) is 16.1. The van der Waals surface area contributed by atoms with Gasteiger partial charge in [0.05, 0.1) is 28.4 Å². The van der Waals surface area contributed by atoms with Crippen LogP contribution in [0.2, 0.25) is 0 Å². The summed E-state index contributed by atoms with van der Waals surface area (Å²) in [6, 6.07) is 25.5. The van der Waals surface area contributed by atoms with Gasteiger partial charge in [0.25, 0.3) is 5.78 Å². The second-order valence-corrected chi connectivity index (χ2v) is 11.9. The molecule has 0 saturated carbocycles. The van der Waals surface area contributed by atoms with Crippen LogP contribution in [0.5, 0.6) is 11.5 Å². The molecule has 1 amide bonds. The highest BCUT2D eigenvalue weighted by molar-refractivity contribution is 7.22. The highest BCUT2D eigenvalue weighted by Crippen LogP contribution is 2.46. The van der Waals surface area contributed by atoms with Crippen molar-refractivity contribution in [2.24, 2.45) is 0 Å². The van der Waals surface area contributed by atoms with Gasteiger partial charge in [-0.3, -0.25) is 14.5 Å². The third-order valence-electron chi connectivity index (χ3n) is 7.61. The van der Waals surface area contributed by atoms with Gasteiger partial charge in [-0.05, 0) is 68.1 Å². The van der Waals surface area contributed by atoms with Gasteiger partial charge in [-0.1, -0.05) is 83.6 Å². The fourth-order valence-corrected chi connectivity index (χ4v) is 6.66. The quantitative estimate of drug-likeness (QED) is 0.110. The number of ketones is 1. The summed E-state index contributed by atoms with van der Waals surface area (Å²) in [4.78, 5) is 33.8. The first-order valence-electron chi connectivity index (χ1n) is 14.4. The molecule has 1 unspecified atom stereocenters. The van der Waals surface area contributed by atoms with Crippen LogP contribution < -0.4 is 14.4 Å². The second kappa shape index (κ2) is 12.0. The van der Waals surface area contributed by atoms with Crippen LogP contribution in [-0.2, 0) is 16.2 Å². The Hall–Kier alpha value is -4.95. The number of rotatable bonds is 8. The highest BCUT2D eigenvalue weighted by Gasteiger charge is 2.48. The number of hydrogen-bond donors (Lipinski definition) is 1. The number of carbonyl (C=O) groups excluding carboxylic acids is 2. The average molecular weight is 605 g/mol. The molecule has 7 nitrogen and oxygen atoms in total. The van der Waals surface area contributed by atoms with Crippen LogP contribution in [0.15, 0.2) is 90.5 Å². The molecule has 8 heteroatoms. The number of aliphatic hydroxyl groups excluding tert-OH is 1. The van der Waals surface area contributed by atoms with Gasteiger partial charge < -0.3 is 14.6 Å². The van der Waals surface area contributed by atoms with Gasteiger partial charge in [0.2, 0.25) is 0 Å². The molecule has 1 atom stereocenters. The minimum Gasteiger partial charge on any atom is -0.507 e. The summed E-state index contributed by atoms with van der Waals surface area (Å²) in [6.07, 6.45) is 0. The maximum atomic E-state index is 13.8. The molecule has 2 heterocycles. The number of fused-ring (bicyclic) bond motifs is 1. The third kappa shape index (κ3) is 5.44. The molecule has 0 spiro atoms. The molecule has 1 saturated heterocycles. The minimum absolute atomic E-state index is 0.00795. The fraction of sp³-hybridized carbons (Fsp3) is 0.194. The lowest BCUT2D eigenvalue weighted by Crippen LogP contribution is -2.29. The lowest BCUT2D eigenvalue weighted by atomic mass is 9.95. The molecule has 0 radical (unpaired) electrons. The molecular formula is C36H32N2O5S. The number of amides is 1. The molecule has 5 aromatic rings. The van der Waals surface area contributed by atoms with Crippen LogP contribution in [0.3, 0.4) is 0 Å². The smallest absolute Gasteiger partial charge is 0.301 e. The monoisotopic (exact) mass is 604 g/mol. The number of aryl methyl sites for hydroxylation is 3. The SMILES string of the molecule is CCOc1cc(C2C(=C(O)c3ccc(C)cc3)C(=O)C(=O)N2c2nc3c(C)cc(C)cc3s2)ccc1OCc1ccccc1. The van der Waals surface area contributed by atoms with Crippen LogP contribution in [0, 0.1) is 20.8 Å². The Morgan fingerprint density at radius 3 is 2.36 bits per heavy atom. The van der Waals surface area contributed by atoms with Crippen LogP contribution in [0.25, 0.3) is 16.0 Å². The van der Waals surface area contributed by atoms with E-state index in [-0.39, 0.29) is 11.3 Å². The Morgan fingerprint density at radius 2 is 1.64 bits per heavy atom. The molecule has 1 N–H and O–H groups in total. The van der Waals surface area contributed by atoms with Crippen LogP contribution >= 0.6 is 11.3 Å². The zero-order valence-electron chi connectivity index (χ0n) is 25.0. The van der Waals surface area contributed by atoms with Gasteiger partial charge in [0.15, 0.2) is 16.6 Å². The maximum absolute atomic E-state index is 13.8. The molecule has 4 aromatic carbocycles. The molecule has 1 aliphatic heterocycles. The second-order valence-electron chi connectivity index (χ2n) is 10.9. The number of aliphatic hydroxyl groups is 1. The molecule has 1 fully saturated rings. The molecule has 1 aliphatic rings. The van der Waals surface area contributed by atoms with Crippen molar-refractivity contribution in [2.45, 2.75) is 40.3 Å². The Bertz CT molecular complexity index is 1910. The summed E-state index contributed by atoms with van der Waals surface area (Å²) in [5.41, 5.74) is 5.87. The number of benzene rings is 4. The maximum Gasteiger partial charge on any atom is 0.301 e. The van der Waals surface area contributed by atoms with Crippen molar-refractivity contribution in [1.82, 2.24) is 4.98 Å². The number of Topliss-reactive ketones (excluding diaryl/α,β-unsaturated/α-hetero) is 1. The minimum atomic E-state index is -0.944. The standard InChI is InChI=1S/C36H32N2O5S/c1-5-42-28-19-26(15-16-27(28)43-20-24-9-7-6-8-10-24)32-30(33(39)25-13-11-21(2)12-14-25)34(40)35(41)38(32)36-37-31-23(4)17-22(3)18-29(31)44-36/h6-19,32,39H,5,20H2,1-4H3. The zero-order chi connectivity index (χ0) is 31.0. The fourth-order valence-electron chi connectivity index (χ4n) is 5.49. The van der Waals surface area contributed by atoms with E-state index < -0.39 is 17.7 Å². The van der Waals surface area contributed by atoms with Crippen molar-refractivity contribution in [3.05, 3.63) is 124 Å². The van der Waals surface area contributed by atoms with Crippen molar-refractivity contribution in [3.8, 4) is 11.5 Å². The number of hydrogen-bond acceptors (Lipinski definition) is 7. The Labute approximate surface area is 260 Å². The number of ether oxygens (including phenoxy) is 2. The number of nitrogens with zero attached hydrogens (tertiary/aromatic N) is 2. The first-order valence-corrected chi connectivity index (χ1v) is 15.3. The average Bonchev–Trinajstić information content (AvgIpc) is 3.55. The van der Waals surface area contributed by atoms with Gasteiger partial charge in [-0.25, -0.2) is 4.98 Å². The van der Waals surface area contributed by atoms with Crippen molar-refractivity contribution < 1.29 is 24.2 Å². The van der Waals surface area contributed by atoms with Gasteiger partial charge >= 0.3 is 5.91 Å². The van der Waals surface area contributed by atoms with E-state index >= 15 is 0 Å². The molecule has 0 bridgehead atoms. The summed E-state index contributed by atoms with van der Waals surface area (Å²) < 4.78 is 13.0. The summed E-state index contributed by atoms with van der Waals surface area (Å²) in [5.74, 6) is -0.771. The Morgan fingerprint density at radius 1 is 0.886 bits per heavy atom. The van der Waals surface area contributed by atoms with E-state index in [0.717, 1.165) is 32.5 Å². The van der Waals surface area contributed by atoms with Crippen LogP contribution in [-0.4, -0.2) is 28.4 Å². The molecule has 222 valence electrons. The number of carbonyl (C=O) groups is 2. The van der Waals surface area contributed by atoms with Gasteiger partial charge in [-0.15, -0.1) is 0 Å². The lowest BCUT2D eigenvalue weighted by molar-refractivity contribution is -0.132. The third-order valence-corrected chi connectivity index (χ3v) is 8.62. The molecular weight excluding hydrogens is 572 g/mol. The van der Waals surface area contributed by atoms with Crippen LogP contribution in [0.1, 0.15) is 46.3 Å². The van der Waals surface area contributed by atoms with Crippen molar-refractivity contribution >= 4 is 44.1 Å². The van der Waals surface area contributed by atoms with Gasteiger partial charge in [-0.2, -0.15) is 0 Å². The van der Waals surface area contributed by atoms with E-state index in [1.165, 1.54) is 16.2 Å². The summed E-state index contributed by atoms with van der Waals surface area (Å²) in [7, 11) is 0.